The van der Waals surface area contributed by atoms with Crippen LogP contribution in [0.25, 0.3) is 0 Å². The molecule has 4 nitrogen and oxygen atoms in total. The van der Waals surface area contributed by atoms with Gasteiger partial charge < -0.3 is 4.90 Å². The molecule has 0 spiro atoms. The van der Waals surface area contributed by atoms with Gasteiger partial charge in [0.05, 0.1) is 5.69 Å². The zero-order valence-electron chi connectivity index (χ0n) is 13.9. The molecule has 0 radical (unpaired) electrons. The average molecular weight is 378 g/mol. The van der Waals surface area contributed by atoms with Crippen molar-refractivity contribution in [2.75, 3.05) is 11.4 Å². The lowest BCUT2D eigenvalue weighted by molar-refractivity contribution is 0.596. The summed E-state index contributed by atoms with van der Waals surface area (Å²) in [6.45, 7) is 2.75. The number of rotatable bonds is 5. The maximum atomic E-state index is 13.8. The van der Waals surface area contributed by atoms with Crippen molar-refractivity contribution in [3.63, 3.8) is 0 Å². The molecule has 0 N–H and O–H groups in total. The quantitative estimate of drug-likeness (QED) is 0.773. The molecule has 0 saturated carbocycles. The third kappa shape index (κ3) is 3.88. The highest BCUT2D eigenvalue weighted by molar-refractivity contribution is 8.14. The maximum Gasteiger partial charge on any atom is 0.286 e. The van der Waals surface area contributed by atoms with Gasteiger partial charge in [-0.25, -0.2) is 4.39 Å². The van der Waals surface area contributed by atoms with Gasteiger partial charge in [-0.15, -0.1) is 4.40 Å². The normalized spacial score (nSPS) is 15.6. The van der Waals surface area contributed by atoms with E-state index in [-0.39, 0.29) is 10.7 Å². The van der Waals surface area contributed by atoms with Crippen LogP contribution in [-0.4, -0.2) is 20.1 Å². The smallest absolute Gasteiger partial charge is 0.286 e. The van der Waals surface area contributed by atoms with Crippen molar-refractivity contribution in [3.05, 3.63) is 59.9 Å². The highest BCUT2D eigenvalue weighted by atomic mass is 32.2. The summed E-state index contributed by atoms with van der Waals surface area (Å²) >= 11 is 1.25. The molecule has 2 aromatic carbocycles. The summed E-state index contributed by atoms with van der Waals surface area (Å²) in [5, 5.41) is 0.399. The third-order valence-electron chi connectivity index (χ3n) is 3.91. The fraction of sp³-hybridized carbons (Fsp3) is 0.278. The van der Waals surface area contributed by atoms with E-state index in [1.165, 1.54) is 17.8 Å². The molecule has 132 valence electrons. The van der Waals surface area contributed by atoms with Crippen LogP contribution < -0.4 is 4.90 Å². The van der Waals surface area contributed by atoms with E-state index in [2.05, 4.69) is 11.3 Å². The van der Waals surface area contributed by atoms with Gasteiger partial charge in [0.2, 0.25) is 0 Å². The SMILES string of the molecule is CCCCN1C(SCc2ccccc2F)=NS(=O)(=O)c2ccccc21. The average Bonchev–Trinajstić information content (AvgIpc) is 2.60. The Kier molecular flexibility index (Phi) is 5.44. The molecule has 0 saturated heterocycles. The van der Waals surface area contributed by atoms with Crippen molar-refractivity contribution in [1.29, 1.82) is 0 Å². The van der Waals surface area contributed by atoms with E-state index in [4.69, 9.17) is 0 Å². The minimum absolute atomic E-state index is 0.223. The van der Waals surface area contributed by atoms with Crippen LogP contribution in [0.1, 0.15) is 25.3 Å². The fourth-order valence-corrected chi connectivity index (χ4v) is 5.06. The molecule has 25 heavy (non-hydrogen) atoms. The second-order valence-corrected chi connectivity index (χ2v) is 8.22. The number of hydrogen-bond acceptors (Lipinski definition) is 4. The predicted molar refractivity (Wildman–Crippen MR) is 101 cm³/mol. The zero-order chi connectivity index (χ0) is 17.9. The van der Waals surface area contributed by atoms with E-state index < -0.39 is 10.0 Å². The fourth-order valence-electron chi connectivity index (χ4n) is 2.60. The number of thioether (sulfide) groups is 1. The Labute approximate surface area is 151 Å². The molecule has 0 fully saturated rings. The van der Waals surface area contributed by atoms with Crippen LogP contribution in [0.3, 0.4) is 0 Å². The largest absolute Gasteiger partial charge is 0.319 e. The Morgan fingerprint density at radius 3 is 2.60 bits per heavy atom. The van der Waals surface area contributed by atoms with Gasteiger partial charge in [-0.1, -0.05) is 55.4 Å². The molecule has 0 amide bonds. The summed E-state index contributed by atoms with van der Waals surface area (Å²) in [4.78, 5) is 2.15. The zero-order valence-corrected chi connectivity index (χ0v) is 15.5. The van der Waals surface area contributed by atoms with Gasteiger partial charge in [-0.2, -0.15) is 8.42 Å². The molecular formula is C18H19FN2O2S2. The Morgan fingerprint density at radius 2 is 1.84 bits per heavy atom. The lowest BCUT2D eigenvalue weighted by Crippen LogP contribution is -2.34. The number of sulfonamides is 1. The van der Waals surface area contributed by atoms with Crippen LogP contribution in [0, 0.1) is 5.82 Å². The number of amidine groups is 1. The monoisotopic (exact) mass is 378 g/mol. The Morgan fingerprint density at radius 1 is 1.12 bits per heavy atom. The van der Waals surface area contributed by atoms with Crippen LogP contribution in [0.5, 0.6) is 0 Å². The topological polar surface area (TPSA) is 49.7 Å². The van der Waals surface area contributed by atoms with E-state index in [0.29, 0.717) is 28.7 Å². The number of nitrogens with zero attached hydrogens (tertiary/aromatic N) is 2. The van der Waals surface area contributed by atoms with E-state index >= 15 is 0 Å². The Bertz CT molecular complexity index is 897. The summed E-state index contributed by atoms with van der Waals surface area (Å²) in [6.07, 6.45) is 1.89. The van der Waals surface area contributed by atoms with Gasteiger partial charge in [0.15, 0.2) is 5.17 Å². The number of anilines is 1. The van der Waals surface area contributed by atoms with Gasteiger partial charge >= 0.3 is 0 Å². The first-order valence-corrected chi connectivity index (χ1v) is 10.5. The van der Waals surface area contributed by atoms with Crippen molar-refractivity contribution in [3.8, 4) is 0 Å². The molecular weight excluding hydrogens is 359 g/mol. The minimum Gasteiger partial charge on any atom is -0.319 e. The van der Waals surface area contributed by atoms with Gasteiger partial charge in [0.25, 0.3) is 10.0 Å². The first-order valence-electron chi connectivity index (χ1n) is 8.10. The summed E-state index contributed by atoms with van der Waals surface area (Å²) in [6, 6.07) is 13.4. The molecule has 1 aliphatic heterocycles. The first-order chi connectivity index (χ1) is 12.0. The van der Waals surface area contributed by atoms with Gasteiger partial charge in [0.1, 0.15) is 10.7 Å². The van der Waals surface area contributed by atoms with Crippen LogP contribution in [-0.2, 0) is 15.8 Å². The maximum absolute atomic E-state index is 13.8. The number of unbranched alkanes of at least 4 members (excludes halogenated alkanes) is 1. The lowest BCUT2D eigenvalue weighted by Gasteiger charge is -2.30. The summed E-state index contributed by atoms with van der Waals surface area (Å²) in [5.41, 5.74) is 1.17. The van der Waals surface area contributed by atoms with E-state index in [1.807, 2.05) is 11.0 Å². The lowest BCUT2D eigenvalue weighted by atomic mass is 10.2. The molecule has 3 rings (SSSR count). The van der Waals surface area contributed by atoms with E-state index in [9.17, 15) is 12.8 Å². The molecule has 2 aromatic rings. The van der Waals surface area contributed by atoms with Crippen LogP contribution >= 0.6 is 11.8 Å². The van der Waals surface area contributed by atoms with E-state index in [0.717, 1.165) is 12.8 Å². The second kappa shape index (κ2) is 7.58. The van der Waals surface area contributed by atoms with E-state index in [1.54, 1.807) is 36.4 Å². The van der Waals surface area contributed by atoms with Crippen molar-refractivity contribution in [1.82, 2.24) is 0 Å². The molecule has 1 aliphatic rings. The Hall–Kier alpha value is -1.86. The number of benzene rings is 2. The molecule has 0 aromatic heterocycles. The first kappa shape index (κ1) is 17.9. The number of para-hydroxylation sites is 1. The molecule has 0 unspecified atom stereocenters. The summed E-state index contributed by atoms with van der Waals surface area (Å²) in [5.74, 6) is 0.0287. The molecule has 1 heterocycles. The standard InChI is InChI=1S/C18H19FN2O2S2/c1-2-3-12-21-16-10-6-7-11-17(16)25(22,23)20-18(21)24-13-14-8-4-5-9-15(14)19/h4-11H,2-3,12-13H2,1H3. The van der Waals surface area contributed by atoms with Gasteiger partial charge in [-0.05, 0) is 30.2 Å². The van der Waals surface area contributed by atoms with Crippen molar-refractivity contribution in [2.45, 2.75) is 30.4 Å². The molecule has 0 bridgehead atoms. The predicted octanol–water partition coefficient (Wildman–Crippen LogP) is 4.42. The van der Waals surface area contributed by atoms with Crippen LogP contribution in [0.15, 0.2) is 57.8 Å². The number of hydrogen-bond donors (Lipinski definition) is 0. The minimum atomic E-state index is -3.73. The van der Waals surface area contributed by atoms with Crippen molar-refractivity contribution in [2.24, 2.45) is 4.40 Å². The van der Waals surface area contributed by atoms with Crippen molar-refractivity contribution >= 4 is 32.6 Å². The van der Waals surface area contributed by atoms with Crippen molar-refractivity contribution < 1.29 is 12.8 Å². The molecule has 7 heteroatoms. The summed E-state index contributed by atoms with van der Waals surface area (Å²) in [7, 11) is -3.73. The van der Waals surface area contributed by atoms with Crippen LogP contribution in [0.4, 0.5) is 10.1 Å². The van der Waals surface area contributed by atoms with Gasteiger partial charge in [-0.3, -0.25) is 0 Å². The Balaban J connectivity index is 1.93. The second-order valence-electron chi connectivity index (χ2n) is 5.70. The number of fused-ring (bicyclic) bond motifs is 1. The number of halogens is 1. The third-order valence-corrected chi connectivity index (χ3v) is 6.37. The highest BCUT2D eigenvalue weighted by Crippen LogP contribution is 2.35. The van der Waals surface area contributed by atoms with Crippen LogP contribution in [0.2, 0.25) is 0 Å². The summed E-state index contributed by atoms with van der Waals surface area (Å²) < 4.78 is 42.8. The highest BCUT2D eigenvalue weighted by Gasteiger charge is 2.30. The molecule has 0 aliphatic carbocycles. The van der Waals surface area contributed by atoms with Gasteiger partial charge in [0, 0.05) is 12.3 Å². The molecule has 0 atom stereocenters.